The Morgan fingerprint density at radius 3 is 2.45 bits per heavy atom. The zero-order chi connectivity index (χ0) is 15.4. The van der Waals surface area contributed by atoms with Gasteiger partial charge in [0.05, 0.1) is 12.3 Å². The van der Waals surface area contributed by atoms with Gasteiger partial charge in [0.25, 0.3) is 0 Å². The Morgan fingerprint density at radius 1 is 1.05 bits per heavy atom. The number of aromatic nitrogens is 1. The molecule has 112 valence electrons. The zero-order valence-corrected chi connectivity index (χ0v) is 13.5. The van der Waals surface area contributed by atoms with Crippen LogP contribution in [0.15, 0.2) is 54.6 Å². The fraction of sp³-hybridized carbons (Fsp3) is 0.167. The molecule has 0 unspecified atom stereocenters. The summed E-state index contributed by atoms with van der Waals surface area (Å²) < 4.78 is 5.45. The van der Waals surface area contributed by atoms with E-state index in [-0.39, 0.29) is 0 Å². The van der Waals surface area contributed by atoms with Crippen LogP contribution in [0.2, 0.25) is 0 Å². The van der Waals surface area contributed by atoms with Crippen LogP contribution in [0.1, 0.15) is 11.8 Å². The van der Waals surface area contributed by atoms with E-state index >= 15 is 0 Å². The smallest absolute Gasteiger partial charge is 0.187 e. The monoisotopic (exact) mass is 310 g/mol. The largest absolute Gasteiger partial charge is 0.494 e. The van der Waals surface area contributed by atoms with Crippen LogP contribution >= 0.6 is 11.3 Å². The van der Waals surface area contributed by atoms with E-state index in [1.54, 1.807) is 11.3 Å². The zero-order valence-electron chi connectivity index (χ0n) is 12.7. The first-order valence-corrected chi connectivity index (χ1v) is 8.10. The normalized spacial score (nSPS) is 10.5. The van der Waals surface area contributed by atoms with Crippen molar-refractivity contribution < 1.29 is 4.74 Å². The molecule has 0 saturated heterocycles. The lowest BCUT2D eigenvalue weighted by Crippen LogP contribution is -1.92. The number of thiazole rings is 1. The van der Waals surface area contributed by atoms with E-state index in [0.29, 0.717) is 6.61 Å². The van der Waals surface area contributed by atoms with Gasteiger partial charge in [-0.2, -0.15) is 0 Å². The number of aryl methyl sites for hydroxylation is 1. The second-order valence-electron chi connectivity index (χ2n) is 4.87. The quantitative estimate of drug-likeness (QED) is 0.698. The van der Waals surface area contributed by atoms with Crippen LogP contribution in [0.25, 0.3) is 11.3 Å². The summed E-state index contributed by atoms with van der Waals surface area (Å²) in [6.07, 6.45) is 0. The van der Waals surface area contributed by atoms with Crippen LogP contribution in [-0.2, 0) is 0 Å². The molecule has 1 N–H and O–H groups in total. The molecule has 0 amide bonds. The van der Waals surface area contributed by atoms with Crippen molar-refractivity contribution in [3.8, 4) is 17.0 Å². The first kappa shape index (κ1) is 14.6. The van der Waals surface area contributed by atoms with Crippen LogP contribution in [0.5, 0.6) is 5.75 Å². The summed E-state index contributed by atoms with van der Waals surface area (Å²) in [6, 6.07) is 18.2. The van der Waals surface area contributed by atoms with Crippen LogP contribution < -0.4 is 10.1 Å². The van der Waals surface area contributed by atoms with E-state index in [1.165, 1.54) is 4.88 Å². The molecule has 1 heterocycles. The number of nitrogens with zero attached hydrogens (tertiary/aromatic N) is 1. The molecule has 22 heavy (non-hydrogen) atoms. The van der Waals surface area contributed by atoms with Gasteiger partial charge in [-0.3, -0.25) is 0 Å². The Balaban J connectivity index is 1.79. The average Bonchev–Trinajstić information content (AvgIpc) is 2.91. The van der Waals surface area contributed by atoms with Crippen LogP contribution in [0.3, 0.4) is 0 Å². The van der Waals surface area contributed by atoms with Crippen molar-refractivity contribution in [3.05, 3.63) is 59.5 Å². The molecular formula is C18H18N2OS. The Kier molecular flexibility index (Phi) is 4.39. The molecule has 0 bridgehead atoms. The van der Waals surface area contributed by atoms with Gasteiger partial charge < -0.3 is 10.1 Å². The Morgan fingerprint density at radius 2 is 1.77 bits per heavy atom. The number of anilines is 2. The molecule has 2 aromatic carbocycles. The molecule has 3 rings (SSSR count). The predicted octanol–water partition coefficient (Wildman–Crippen LogP) is 5.26. The number of benzene rings is 2. The maximum Gasteiger partial charge on any atom is 0.187 e. The predicted molar refractivity (Wildman–Crippen MR) is 93.2 cm³/mol. The molecule has 3 nitrogen and oxygen atoms in total. The Bertz CT molecular complexity index is 736. The summed E-state index contributed by atoms with van der Waals surface area (Å²) in [4.78, 5) is 5.92. The summed E-state index contributed by atoms with van der Waals surface area (Å²) in [7, 11) is 0. The fourth-order valence-electron chi connectivity index (χ4n) is 2.24. The third-order valence-electron chi connectivity index (χ3n) is 3.26. The third kappa shape index (κ3) is 3.28. The number of nitrogens with one attached hydrogen (secondary N) is 1. The number of hydrogen-bond donors (Lipinski definition) is 1. The summed E-state index contributed by atoms with van der Waals surface area (Å²) in [6.45, 7) is 4.76. The maximum absolute atomic E-state index is 5.45. The second-order valence-corrected chi connectivity index (χ2v) is 6.08. The summed E-state index contributed by atoms with van der Waals surface area (Å²) in [5, 5.41) is 4.26. The summed E-state index contributed by atoms with van der Waals surface area (Å²) in [5.74, 6) is 0.883. The highest BCUT2D eigenvalue weighted by Gasteiger charge is 2.09. The van der Waals surface area contributed by atoms with Gasteiger partial charge in [-0.05, 0) is 38.1 Å². The van der Waals surface area contributed by atoms with Crippen molar-refractivity contribution in [1.29, 1.82) is 0 Å². The van der Waals surface area contributed by atoms with Gasteiger partial charge in [-0.1, -0.05) is 30.3 Å². The van der Waals surface area contributed by atoms with Crippen LogP contribution in [0, 0.1) is 6.92 Å². The van der Waals surface area contributed by atoms with E-state index in [4.69, 9.17) is 9.72 Å². The number of hydrogen-bond acceptors (Lipinski definition) is 4. The first-order valence-electron chi connectivity index (χ1n) is 7.29. The van der Waals surface area contributed by atoms with Crippen molar-refractivity contribution in [1.82, 2.24) is 4.98 Å². The van der Waals surface area contributed by atoms with E-state index in [1.807, 2.05) is 49.4 Å². The minimum atomic E-state index is 0.679. The molecule has 0 radical (unpaired) electrons. The van der Waals surface area contributed by atoms with Crippen molar-refractivity contribution in [3.63, 3.8) is 0 Å². The molecule has 0 spiro atoms. The van der Waals surface area contributed by atoms with Gasteiger partial charge >= 0.3 is 0 Å². The van der Waals surface area contributed by atoms with Gasteiger partial charge in [0.1, 0.15) is 5.75 Å². The van der Waals surface area contributed by atoms with Gasteiger partial charge in [0, 0.05) is 16.1 Å². The van der Waals surface area contributed by atoms with Gasteiger partial charge in [0.15, 0.2) is 5.13 Å². The third-order valence-corrected chi connectivity index (χ3v) is 4.15. The number of ether oxygens (including phenoxy) is 1. The van der Waals surface area contributed by atoms with E-state index in [2.05, 4.69) is 24.4 Å². The van der Waals surface area contributed by atoms with E-state index in [9.17, 15) is 0 Å². The molecule has 0 aliphatic rings. The summed E-state index contributed by atoms with van der Waals surface area (Å²) in [5.41, 5.74) is 3.20. The fourth-order valence-corrected chi connectivity index (χ4v) is 3.09. The average molecular weight is 310 g/mol. The molecule has 0 atom stereocenters. The molecule has 0 aliphatic heterocycles. The van der Waals surface area contributed by atoms with Crippen molar-refractivity contribution >= 4 is 22.2 Å². The number of rotatable bonds is 5. The minimum absolute atomic E-state index is 0.679. The molecular weight excluding hydrogens is 292 g/mol. The Hall–Kier alpha value is -2.33. The summed E-state index contributed by atoms with van der Waals surface area (Å²) >= 11 is 1.67. The first-order chi connectivity index (χ1) is 10.8. The molecule has 3 aromatic rings. The molecule has 1 aromatic heterocycles. The van der Waals surface area contributed by atoms with Gasteiger partial charge in [0.2, 0.25) is 0 Å². The standard InChI is InChI=1S/C18H18N2OS/c1-3-21-16-11-9-15(10-12-16)19-18-20-17(13(2)22-18)14-7-5-4-6-8-14/h4-12H,3H2,1-2H3,(H,19,20). The highest BCUT2D eigenvalue weighted by Crippen LogP contribution is 2.32. The minimum Gasteiger partial charge on any atom is -0.494 e. The van der Waals surface area contributed by atoms with Crippen LogP contribution in [0.4, 0.5) is 10.8 Å². The highest BCUT2D eigenvalue weighted by atomic mass is 32.1. The van der Waals surface area contributed by atoms with Crippen molar-refractivity contribution in [2.75, 3.05) is 11.9 Å². The molecule has 0 fully saturated rings. The lowest BCUT2D eigenvalue weighted by molar-refractivity contribution is 0.340. The lowest BCUT2D eigenvalue weighted by Gasteiger charge is -2.05. The second kappa shape index (κ2) is 6.62. The SMILES string of the molecule is CCOc1ccc(Nc2nc(-c3ccccc3)c(C)s2)cc1. The van der Waals surface area contributed by atoms with Gasteiger partial charge in [-0.15, -0.1) is 11.3 Å². The van der Waals surface area contributed by atoms with Crippen molar-refractivity contribution in [2.24, 2.45) is 0 Å². The molecule has 0 aliphatic carbocycles. The van der Waals surface area contributed by atoms with E-state index < -0.39 is 0 Å². The maximum atomic E-state index is 5.45. The highest BCUT2D eigenvalue weighted by molar-refractivity contribution is 7.16. The van der Waals surface area contributed by atoms with Crippen LogP contribution in [-0.4, -0.2) is 11.6 Å². The van der Waals surface area contributed by atoms with E-state index in [0.717, 1.165) is 27.8 Å². The Labute approximate surface area is 134 Å². The topological polar surface area (TPSA) is 34.1 Å². The molecule has 0 saturated carbocycles. The van der Waals surface area contributed by atoms with Gasteiger partial charge in [-0.25, -0.2) is 4.98 Å². The lowest BCUT2D eigenvalue weighted by atomic mass is 10.1. The van der Waals surface area contributed by atoms with Crippen molar-refractivity contribution in [2.45, 2.75) is 13.8 Å². The molecule has 4 heteroatoms.